The minimum absolute atomic E-state index is 0.325. The summed E-state index contributed by atoms with van der Waals surface area (Å²) < 4.78 is 5.50. The minimum Gasteiger partial charge on any atom is -0.467 e. The van der Waals surface area contributed by atoms with Gasteiger partial charge in [0.25, 0.3) is 0 Å². The van der Waals surface area contributed by atoms with Gasteiger partial charge in [-0.15, -0.1) is 0 Å². The molecule has 1 aromatic rings. The van der Waals surface area contributed by atoms with Crippen molar-refractivity contribution >= 4 is 33.3 Å². The van der Waals surface area contributed by atoms with Crippen molar-refractivity contribution in [1.82, 2.24) is 0 Å². The van der Waals surface area contributed by atoms with Crippen LogP contribution in [0.4, 0.5) is 11.4 Å². The summed E-state index contributed by atoms with van der Waals surface area (Å²) in [7, 11) is 1.35. The van der Waals surface area contributed by atoms with Crippen molar-refractivity contribution in [3.8, 4) is 0 Å². The van der Waals surface area contributed by atoms with Gasteiger partial charge >= 0.3 is 5.97 Å². The second-order valence-electron chi connectivity index (χ2n) is 3.12. The van der Waals surface area contributed by atoms with Gasteiger partial charge in [0.05, 0.1) is 18.5 Å². The van der Waals surface area contributed by atoms with Crippen LogP contribution in [0.1, 0.15) is 6.92 Å². The van der Waals surface area contributed by atoms with Gasteiger partial charge in [0.2, 0.25) is 0 Å². The van der Waals surface area contributed by atoms with Gasteiger partial charge in [-0.1, -0.05) is 15.9 Å². The maximum Gasteiger partial charge on any atom is 0.327 e. The summed E-state index contributed by atoms with van der Waals surface area (Å²) >= 11 is 3.33. The number of rotatable bonds is 3. The van der Waals surface area contributed by atoms with Crippen LogP contribution in [0.25, 0.3) is 0 Å². The van der Waals surface area contributed by atoms with Gasteiger partial charge < -0.3 is 15.8 Å². The van der Waals surface area contributed by atoms with Gasteiger partial charge in [-0.25, -0.2) is 4.79 Å². The first-order chi connectivity index (χ1) is 7.04. The van der Waals surface area contributed by atoms with Crippen molar-refractivity contribution in [2.24, 2.45) is 0 Å². The smallest absolute Gasteiger partial charge is 0.327 e. The van der Waals surface area contributed by atoms with Crippen molar-refractivity contribution in [1.29, 1.82) is 0 Å². The zero-order chi connectivity index (χ0) is 11.4. The Morgan fingerprint density at radius 3 is 2.87 bits per heavy atom. The predicted octanol–water partition coefficient (Wildman–Crippen LogP) is 2.00. The van der Waals surface area contributed by atoms with Crippen molar-refractivity contribution in [3.05, 3.63) is 22.7 Å². The molecule has 0 aliphatic heterocycles. The fourth-order valence-corrected chi connectivity index (χ4v) is 1.48. The Hall–Kier alpha value is -1.23. The van der Waals surface area contributed by atoms with Crippen LogP contribution in [-0.4, -0.2) is 19.1 Å². The Labute approximate surface area is 96.9 Å². The largest absolute Gasteiger partial charge is 0.467 e. The third-order valence-corrected chi connectivity index (χ3v) is 2.44. The van der Waals surface area contributed by atoms with E-state index in [1.165, 1.54) is 7.11 Å². The van der Waals surface area contributed by atoms with E-state index in [0.29, 0.717) is 11.4 Å². The van der Waals surface area contributed by atoms with Crippen molar-refractivity contribution < 1.29 is 9.53 Å². The average Bonchev–Trinajstić information content (AvgIpc) is 2.22. The molecule has 0 spiro atoms. The standard InChI is InChI=1S/C10H13BrN2O2/c1-6(10(14)15-2)13-9-5-7(11)3-4-8(9)12/h3-6,13H,12H2,1-2H3. The summed E-state index contributed by atoms with van der Waals surface area (Å²) in [5.41, 5.74) is 7.05. The molecule has 15 heavy (non-hydrogen) atoms. The van der Waals surface area contributed by atoms with Gasteiger partial charge in [0, 0.05) is 4.47 Å². The Bertz CT molecular complexity index is 368. The first-order valence-corrected chi connectivity index (χ1v) is 5.23. The van der Waals surface area contributed by atoms with Gasteiger partial charge in [-0.2, -0.15) is 0 Å². The third-order valence-electron chi connectivity index (χ3n) is 1.94. The van der Waals surface area contributed by atoms with E-state index in [1.54, 1.807) is 13.0 Å². The molecule has 4 nitrogen and oxygen atoms in total. The molecular formula is C10H13BrN2O2. The lowest BCUT2D eigenvalue weighted by Crippen LogP contribution is -2.27. The van der Waals surface area contributed by atoms with Gasteiger partial charge in [-0.05, 0) is 25.1 Å². The van der Waals surface area contributed by atoms with Crippen LogP contribution in [0.2, 0.25) is 0 Å². The molecule has 1 aromatic carbocycles. The number of ether oxygens (including phenoxy) is 1. The Balaban J connectivity index is 2.80. The van der Waals surface area contributed by atoms with E-state index >= 15 is 0 Å². The van der Waals surface area contributed by atoms with Crippen LogP contribution in [-0.2, 0) is 9.53 Å². The van der Waals surface area contributed by atoms with E-state index in [1.807, 2.05) is 12.1 Å². The third kappa shape index (κ3) is 3.13. The van der Waals surface area contributed by atoms with Gasteiger partial charge in [-0.3, -0.25) is 0 Å². The second kappa shape index (κ2) is 5.02. The summed E-state index contributed by atoms with van der Waals surface area (Å²) in [4.78, 5) is 11.2. The monoisotopic (exact) mass is 272 g/mol. The van der Waals surface area contributed by atoms with Crippen LogP contribution in [0.15, 0.2) is 22.7 Å². The topological polar surface area (TPSA) is 64.3 Å². The van der Waals surface area contributed by atoms with Crippen LogP contribution < -0.4 is 11.1 Å². The number of nitrogen functional groups attached to an aromatic ring is 1. The number of esters is 1. The fraction of sp³-hybridized carbons (Fsp3) is 0.300. The highest BCUT2D eigenvalue weighted by molar-refractivity contribution is 9.10. The molecule has 5 heteroatoms. The summed E-state index contributed by atoms with van der Waals surface area (Å²) in [5.74, 6) is -0.325. The number of nitrogens with one attached hydrogen (secondary N) is 1. The first-order valence-electron chi connectivity index (χ1n) is 4.44. The molecule has 0 aliphatic carbocycles. The van der Waals surface area contributed by atoms with E-state index in [4.69, 9.17) is 5.73 Å². The molecule has 1 atom stereocenters. The van der Waals surface area contributed by atoms with Crippen molar-refractivity contribution in [2.45, 2.75) is 13.0 Å². The highest BCUT2D eigenvalue weighted by Gasteiger charge is 2.13. The molecule has 0 amide bonds. The molecule has 0 heterocycles. The van der Waals surface area contributed by atoms with Gasteiger partial charge in [0.1, 0.15) is 6.04 Å². The highest BCUT2D eigenvalue weighted by atomic mass is 79.9. The molecule has 0 bridgehead atoms. The lowest BCUT2D eigenvalue weighted by molar-refractivity contribution is -0.141. The summed E-state index contributed by atoms with van der Waals surface area (Å²) in [6.07, 6.45) is 0. The van der Waals surface area contributed by atoms with Crippen LogP contribution >= 0.6 is 15.9 Å². The summed E-state index contributed by atoms with van der Waals surface area (Å²) in [5, 5.41) is 2.97. The number of methoxy groups -OCH3 is 1. The maximum absolute atomic E-state index is 11.2. The molecule has 0 fully saturated rings. The molecule has 82 valence electrons. The molecule has 1 unspecified atom stereocenters. The lowest BCUT2D eigenvalue weighted by atomic mass is 10.2. The molecule has 3 N–H and O–H groups in total. The number of benzene rings is 1. The maximum atomic E-state index is 11.2. The van der Waals surface area contributed by atoms with Crippen LogP contribution in [0, 0.1) is 0 Å². The zero-order valence-corrected chi connectivity index (χ0v) is 10.2. The van der Waals surface area contributed by atoms with Gasteiger partial charge in [0.15, 0.2) is 0 Å². The van der Waals surface area contributed by atoms with Crippen LogP contribution in [0.5, 0.6) is 0 Å². The number of carbonyl (C=O) groups excluding carboxylic acids is 1. The molecule has 0 aromatic heterocycles. The van der Waals surface area contributed by atoms with E-state index in [0.717, 1.165) is 4.47 Å². The highest BCUT2D eigenvalue weighted by Crippen LogP contribution is 2.23. The average molecular weight is 273 g/mol. The number of nitrogens with two attached hydrogens (primary N) is 1. The Morgan fingerprint density at radius 1 is 1.60 bits per heavy atom. The lowest BCUT2D eigenvalue weighted by Gasteiger charge is -2.14. The van der Waals surface area contributed by atoms with E-state index in [-0.39, 0.29) is 5.97 Å². The van der Waals surface area contributed by atoms with E-state index in [9.17, 15) is 4.79 Å². The minimum atomic E-state index is -0.424. The molecule has 0 saturated carbocycles. The molecule has 1 rings (SSSR count). The van der Waals surface area contributed by atoms with E-state index < -0.39 is 6.04 Å². The second-order valence-corrected chi connectivity index (χ2v) is 4.04. The number of carbonyl (C=O) groups is 1. The normalized spacial score (nSPS) is 11.9. The van der Waals surface area contributed by atoms with E-state index in [2.05, 4.69) is 26.0 Å². The number of halogens is 1. The Kier molecular flexibility index (Phi) is 3.96. The van der Waals surface area contributed by atoms with Crippen molar-refractivity contribution in [3.63, 3.8) is 0 Å². The fourth-order valence-electron chi connectivity index (χ4n) is 1.12. The molecule has 0 radical (unpaired) electrons. The summed E-state index contributed by atoms with van der Waals surface area (Å²) in [6.45, 7) is 1.71. The Morgan fingerprint density at radius 2 is 2.27 bits per heavy atom. The quantitative estimate of drug-likeness (QED) is 0.653. The molecule has 0 aliphatic rings. The number of hydrogen-bond acceptors (Lipinski definition) is 4. The SMILES string of the molecule is COC(=O)C(C)Nc1cc(Br)ccc1N. The molecular weight excluding hydrogens is 260 g/mol. The van der Waals surface area contributed by atoms with Crippen LogP contribution in [0.3, 0.4) is 0 Å². The predicted molar refractivity (Wildman–Crippen MR) is 63.7 cm³/mol. The summed E-state index contributed by atoms with van der Waals surface area (Å²) in [6, 6.07) is 4.99. The molecule has 0 saturated heterocycles. The number of anilines is 2. The first kappa shape index (κ1) is 11.8. The number of hydrogen-bond donors (Lipinski definition) is 2. The zero-order valence-electron chi connectivity index (χ0n) is 8.58. The van der Waals surface area contributed by atoms with Crippen molar-refractivity contribution in [2.75, 3.05) is 18.2 Å².